The third kappa shape index (κ3) is 0.868. The molecular formula is C14H20O. The monoisotopic (exact) mass is 204 g/mol. The first-order valence-electron chi connectivity index (χ1n) is 6.99. The van der Waals surface area contributed by atoms with Crippen molar-refractivity contribution < 1.29 is 4.74 Å². The Morgan fingerprint density at radius 3 is 2.87 bits per heavy atom. The lowest BCUT2D eigenvalue weighted by molar-refractivity contribution is 0.173. The maximum Gasteiger partial charge on any atom is 0.0844 e. The van der Waals surface area contributed by atoms with Gasteiger partial charge in [0.25, 0.3) is 0 Å². The van der Waals surface area contributed by atoms with Gasteiger partial charge >= 0.3 is 0 Å². The van der Waals surface area contributed by atoms with Gasteiger partial charge in [-0.05, 0) is 74.0 Å². The van der Waals surface area contributed by atoms with Crippen LogP contribution in [0.3, 0.4) is 0 Å². The van der Waals surface area contributed by atoms with Gasteiger partial charge in [-0.2, -0.15) is 0 Å². The van der Waals surface area contributed by atoms with Crippen LogP contribution in [0.2, 0.25) is 0 Å². The minimum Gasteiger partial charge on any atom is -0.370 e. The molecule has 1 aliphatic heterocycles. The molecule has 0 radical (unpaired) electrons. The van der Waals surface area contributed by atoms with Crippen LogP contribution in [0.15, 0.2) is 0 Å². The molecule has 2 bridgehead atoms. The molecule has 5 fully saturated rings. The molecule has 1 saturated heterocycles. The Hall–Kier alpha value is -0.0400. The first-order valence-corrected chi connectivity index (χ1v) is 6.99. The molecule has 15 heavy (non-hydrogen) atoms. The quantitative estimate of drug-likeness (QED) is 0.553. The highest BCUT2D eigenvalue weighted by Gasteiger charge is 2.64. The standard InChI is InChI=1S/C14H20O/c1-2-14-6-8(1)3-11(14)10-5-13-12(15-13)4-9(10)7-14/h8-13H,1-7H2/t8?,9?,10?,11?,12-,13+,14?/m0/s1. The molecule has 5 unspecified atom stereocenters. The Bertz CT molecular complexity index is 325. The first-order chi connectivity index (χ1) is 7.34. The summed E-state index contributed by atoms with van der Waals surface area (Å²) in [5, 5.41) is 0. The van der Waals surface area contributed by atoms with Crippen molar-refractivity contribution in [3.8, 4) is 0 Å². The van der Waals surface area contributed by atoms with Gasteiger partial charge in [0.05, 0.1) is 12.2 Å². The summed E-state index contributed by atoms with van der Waals surface area (Å²) >= 11 is 0. The van der Waals surface area contributed by atoms with E-state index in [-0.39, 0.29) is 0 Å². The van der Waals surface area contributed by atoms with Crippen LogP contribution in [-0.2, 0) is 4.74 Å². The predicted molar refractivity (Wildman–Crippen MR) is 57.4 cm³/mol. The fraction of sp³-hybridized carbons (Fsp3) is 1.00. The van der Waals surface area contributed by atoms with E-state index in [9.17, 15) is 0 Å². The minimum atomic E-state index is 0.707. The Morgan fingerprint density at radius 2 is 1.93 bits per heavy atom. The number of hydrogen-bond acceptors (Lipinski definition) is 1. The second-order valence-corrected chi connectivity index (χ2v) is 7.13. The highest BCUT2D eigenvalue weighted by Crippen LogP contribution is 2.71. The van der Waals surface area contributed by atoms with Gasteiger partial charge in [0.2, 0.25) is 0 Å². The van der Waals surface area contributed by atoms with E-state index in [2.05, 4.69) is 0 Å². The summed E-state index contributed by atoms with van der Waals surface area (Å²) < 4.78 is 5.74. The normalized spacial score (nSPS) is 68.8. The second kappa shape index (κ2) is 2.30. The van der Waals surface area contributed by atoms with Gasteiger partial charge in [0, 0.05) is 0 Å². The molecule has 1 spiro atoms. The van der Waals surface area contributed by atoms with E-state index in [1.807, 2.05) is 0 Å². The largest absolute Gasteiger partial charge is 0.370 e. The van der Waals surface area contributed by atoms with E-state index in [0.29, 0.717) is 12.2 Å². The molecule has 5 aliphatic rings. The van der Waals surface area contributed by atoms with Crippen molar-refractivity contribution in [2.75, 3.05) is 0 Å². The molecule has 4 saturated carbocycles. The van der Waals surface area contributed by atoms with E-state index in [1.54, 1.807) is 32.1 Å². The summed E-state index contributed by atoms with van der Waals surface area (Å²) in [5.74, 6) is 4.41. The summed E-state index contributed by atoms with van der Waals surface area (Å²) in [4.78, 5) is 0. The molecular weight excluding hydrogens is 184 g/mol. The summed E-state index contributed by atoms with van der Waals surface area (Å²) in [7, 11) is 0. The van der Waals surface area contributed by atoms with E-state index < -0.39 is 0 Å². The molecule has 0 aromatic carbocycles. The lowest BCUT2D eigenvalue weighted by Gasteiger charge is -2.32. The maximum atomic E-state index is 5.74. The van der Waals surface area contributed by atoms with Gasteiger partial charge < -0.3 is 4.74 Å². The SMILES string of the molecule is C1CC23CC1CC2C1C[C@H]2O[C@H]2CC1C3. The fourth-order valence-electron chi connectivity index (χ4n) is 6.16. The molecule has 1 nitrogen and oxygen atoms in total. The average molecular weight is 204 g/mol. The molecule has 1 heterocycles. The minimum absolute atomic E-state index is 0.707. The predicted octanol–water partition coefficient (Wildman–Crippen LogP) is 2.99. The van der Waals surface area contributed by atoms with E-state index in [1.165, 1.54) is 12.8 Å². The Balaban J connectivity index is 1.53. The number of hydrogen-bond donors (Lipinski definition) is 0. The van der Waals surface area contributed by atoms with Crippen LogP contribution in [0.4, 0.5) is 0 Å². The molecule has 1 heteroatoms. The molecule has 82 valence electrons. The molecule has 0 amide bonds. The number of ether oxygens (including phenoxy) is 1. The zero-order valence-corrected chi connectivity index (χ0v) is 9.32. The second-order valence-electron chi connectivity index (χ2n) is 7.13. The van der Waals surface area contributed by atoms with Gasteiger partial charge in [-0.1, -0.05) is 0 Å². The third-order valence-electron chi connectivity index (χ3n) is 6.64. The molecule has 0 N–H and O–H groups in total. The van der Waals surface area contributed by atoms with Crippen molar-refractivity contribution in [2.24, 2.45) is 29.1 Å². The molecule has 0 aromatic heterocycles. The Morgan fingerprint density at radius 1 is 1.00 bits per heavy atom. The maximum absolute atomic E-state index is 5.74. The van der Waals surface area contributed by atoms with E-state index in [4.69, 9.17) is 4.74 Å². The van der Waals surface area contributed by atoms with Crippen LogP contribution >= 0.6 is 0 Å². The first kappa shape index (κ1) is 8.11. The van der Waals surface area contributed by atoms with Crippen molar-refractivity contribution in [1.29, 1.82) is 0 Å². The van der Waals surface area contributed by atoms with Crippen molar-refractivity contribution in [3.05, 3.63) is 0 Å². The highest BCUT2D eigenvalue weighted by molar-refractivity contribution is 5.13. The summed E-state index contributed by atoms with van der Waals surface area (Å²) in [5.41, 5.74) is 0.858. The zero-order valence-electron chi connectivity index (χ0n) is 9.32. The van der Waals surface area contributed by atoms with Crippen molar-refractivity contribution >= 4 is 0 Å². The van der Waals surface area contributed by atoms with Crippen LogP contribution < -0.4 is 0 Å². The van der Waals surface area contributed by atoms with Crippen LogP contribution in [0, 0.1) is 29.1 Å². The Labute approximate surface area is 91.6 Å². The third-order valence-corrected chi connectivity index (χ3v) is 6.64. The molecule has 4 aliphatic carbocycles. The van der Waals surface area contributed by atoms with Gasteiger partial charge in [-0.3, -0.25) is 0 Å². The molecule has 7 atom stereocenters. The van der Waals surface area contributed by atoms with Crippen molar-refractivity contribution in [1.82, 2.24) is 0 Å². The Kier molecular flexibility index (Phi) is 1.24. The summed E-state index contributed by atoms with van der Waals surface area (Å²) in [6.45, 7) is 0. The topological polar surface area (TPSA) is 12.5 Å². The van der Waals surface area contributed by atoms with E-state index in [0.717, 1.165) is 29.1 Å². The van der Waals surface area contributed by atoms with Crippen LogP contribution in [0.25, 0.3) is 0 Å². The number of rotatable bonds is 0. The molecule has 0 aromatic rings. The van der Waals surface area contributed by atoms with Gasteiger partial charge in [-0.15, -0.1) is 0 Å². The van der Waals surface area contributed by atoms with Gasteiger partial charge in [-0.25, -0.2) is 0 Å². The lowest BCUT2D eigenvalue weighted by atomic mass is 9.72. The highest BCUT2D eigenvalue weighted by atomic mass is 16.6. The zero-order chi connectivity index (χ0) is 9.62. The van der Waals surface area contributed by atoms with Crippen molar-refractivity contribution in [3.63, 3.8) is 0 Å². The summed E-state index contributed by atoms with van der Waals surface area (Å²) in [6, 6.07) is 0. The summed E-state index contributed by atoms with van der Waals surface area (Å²) in [6.07, 6.45) is 12.2. The van der Waals surface area contributed by atoms with Gasteiger partial charge in [0.1, 0.15) is 0 Å². The number of fused-ring (bicyclic) bond motifs is 4. The van der Waals surface area contributed by atoms with Gasteiger partial charge in [0.15, 0.2) is 0 Å². The van der Waals surface area contributed by atoms with E-state index >= 15 is 0 Å². The lowest BCUT2D eigenvalue weighted by Crippen LogP contribution is -2.27. The van der Waals surface area contributed by atoms with Crippen LogP contribution in [0.1, 0.15) is 44.9 Å². The average Bonchev–Trinajstić information content (AvgIpc) is 2.62. The molecule has 5 rings (SSSR count). The van der Waals surface area contributed by atoms with Crippen LogP contribution in [-0.4, -0.2) is 12.2 Å². The smallest absolute Gasteiger partial charge is 0.0844 e. The van der Waals surface area contributed by atoms with Crippen LogP contribution in [0.5, 0.6) is 0 Å². The fourth-order valence-corrected chi connectivity index (χ4v) is 6.16. The number of epoxide rings is 1. The van der Waals surface area contributed by atoms with Crippen molar-refractivity contribution in [2.45, 2.75) is 57.2 Å².